The molecule has 3 N–H and O–H groups in total. The van der Waals surface area contributed by atoms with Crippen LogP contribution >= 0.6 is 0 Å². The van der Waals surface area contributed by atoms with Crippen molar-refractivity contribution in [1.29, 1.82) is 0 Å². The maximum Gasteiger partial charge on any atom is 0.573 e. The van der Waals surface area contributed by atoms with Crippen LogP contribution in [-0.4, -0.2) is 67.5 Å². The largest absolute Gasteiger partial charge is 0.573 e. The molecule has 0 aliphatic heterocycles. The number of alkyl halides is 3. The second-order valence-electron chi connectivity index (χ2n) is 7.50. The molecular formula is C24H27F3N4O6. The van der Waals surface area contributed by atoms with E-state index in [1.54, 1.807) is 25.2 Å². The number of ether oxygens (including phenoxy) is 4. The number of nitrogens with one attached hydrogen (secondary N) is 2. The maximum atomic E-state index is 13.1. The van der Waals surface area contributed by atoms with Crippen LogP contribution in [0.5, 0.6) is 23.3 Å². The highest BCUT2D eigenvalue weighted by atomic mass is 19.4. The van der Waals surface area contributed by atoms with Gasteiger partial charge >= 0.3 is 12.4 Å². The van der Waals surface area contributed by atoms with Gasteiger partial charge in [0.1, 0.15) is 17.2 Å². The van der Waals surface area contributed by atoms with Gasteiger partial charge in [-0.05, 0) is 29.8 Å². The SMILES string of the molecule is CNc1nc(Oc2cccc(OC(F)(F)F)c2)n(Cc2cccc(OC)c2)c1C(=O)NCCOCCO. The lowest BCUT2D eigenvalue weighted by Gasteiger charge is -2.14. The normalized spacial score (nSPS) is 11.2. The first kappa shape index (κ1) is 27.6. The van der Waals surface area contributed by atoms with Crippen molar-refractivity contribution in [2.45, 2.75) is 12.9 Å². The van der Waals surface area contributed by atoms with E-state index in [4.69, 9.17) is 19.3 Å². The second kappa shape index (κ2) is 12.8. The third kappa shape index (κ3) is 8.02. The molecule has 0 atom stereocenters. The molecule has 0 saturated heterocycles. The van der Waals surface area contributed by atoms with Crippen LogP contribution in [0.15, 0.2) is 48.5 Å². The number of benzene rings is 2. The Labute approximate surface area is 210 Å². The molecule has 0 fully saturated rings. The molecule has 13 heteroatoms. The summed E-state index contributed by atoms with van der Waals surface area (Å²) >= 11 is 0. The highest BCUT2D eigenvalue weighted by Gasteiger charge is 2.31. The van der Waals surface area contributed by atoms with Crippen molar-refractivity contribution in [2.24, 2.45) is 0 Å². The summed E-state index contributed by atoms with van der Waals surface area (Å²) in [6.07, 6.45) is -4.87. The van der Waals surface area contributed by atoms with Crippen LogP contribution < -0.4 is 24.8 Å². The standard InChI is InChI=1S/C24H27F3N4O6/c1-28-21-20(22(33)29-9-11-35-12-10-32)31(15-16-5-3-6-17(13-16)34-2)23(30-21)36-18-7-4-8-19(14-18)37-24(25,26)27/h3-8,13-14,28,32H,9-12,15H2,1-2H3,(H,29,33). The maximum absolute atomic E-state index is 13.1. The van der Waals surface area contributed by atoms with E-state index in [2.05, 4.69) is 20.4 Å². The van der Waals surface area contributed by atoms with Gasteiger partial charge in [-0.3, -0.25) is 9.36 Å². The predicted molar refractivity (Wildman–Crippen MR) is 127 cm³/mol. The molecule has 10 nitrogen and oxygen atoms in total. The summed E-state index contributed by atoms with van der Waals surface area (Å²) in [7, 11) is 3.10. The van der Waals surface area contributed by atoms with E-state index < -0.39 is 18.0 Å². The molecule has 1 aromatic heterocycles. The molecule has 0 spiro atoms. The van der Waals surface area contributed by atoms with E-state index in [0.29, 0.717) is 5.75 Å². The van der Waals surface area contributed by atoms with E-state index in [1.807, 2.05) is 6.07 Å². The van der Waals surface area contributed by atoms with E-state index in [9.17, 15) is 18.0 Å². The van der Waals surface area contributed by atoms with Crippen molar-refractivity contribution in [3.8, 4) is 23.3 Å². The van der Waals surface area contributed by atoms with Gasteiger partial charge in [0, 0.05) is 19.7 Å². The quantitative estimate of drug-likeness (QED) is 0.292. The van der Waals surface area contributed by atoms with Gasteiger partial charge < -0.3 is 34.7 Å². The molecule has 0 aliphatic carbocycles. The molecule has 1 heterocycles. The molecule has 3 rings (SSSR count). The minimum Gasteiger partial charge on any atom is -0.497 e. The van der Waals surface area contributed by atoms with E-state index in [1.165, 1.54) is 23.8 Å². The molecule has 0 unspecified atom stereocenters. The summed E-state index contributed by atoms with van der Waals surface area (Å²) in [5.41, 5.74) is 0.879. The number of aliphatic hydroxyl groups excluding tert-OH is 1. The summed E-state index contributed by atoms with van der Waals surface area (Å²) < 4.78 is 59.7. The first-order chi connectivity index (χ1) is 17.7. The van der Waals surface area contributed by atoms with Crippen molar-refractivity contribution in [1.82, 2.24) is 14.9 Å². The van der Waals surface area contributed by atoms with Crippen LogP contribution in [0.2, 0.25) is 0 Å². The first-order valence-electron chi connectivity index (χ1n) is 11.2. The average Bonchev–Trinajstić information content (AvgIpc) is 3.19. The minimum absolute atomic E-state index is 0.0191. The van der Waals surface area contributed by atoms with Crippen molar-refractivity contribution in [3.05, 3.63) is 59.8 Å². The molecule has 0 saturated carbocycles. The average molecular weight is 524 g/mol. The molecule has 37 heavy (non-hydrogen) atoms. The summed E-state index contributed by atoms with van der Waals surface area (Å²) in [5.74, 6) is -0.153. The van der Waals surface area contributed by atoms with E-state index in [0.717, 1.165) is 17.7 Å². The molecule has 0 aliphatic rings. The topological polar surface area (TPSA) is 116 Å². The number of rotatable bonds is 13. The summed E-state index contributed by atoms with van der Waals surface area (Å²) in [6.45, 7) is 0.477. The second-order valence-corrected chi connectivity index (χ2v) is 7.50. The lowest BCUT2D eigenvalue weighted by atomic mass is 10.2. The number of halogens is 3. The minimum atomic E-state index is -4.87. The fourth-order valence-electron chi connectivity index (χ4n) is 3.34. The number of aliphatic hydroxyl groups is 1. The third-order valence-electron chi connectivity index (χ3n) is 4.88. The zero-order chi connectivity index (χ0) is 26.8. The van der Waals surface area contributed by atoms with E-state index in [-0.39, 0.29) is 56.2 Å². The fraction of sp³-hybridized carbons (Fsp3) is 0.333. The smallest absolute Gasteiger partial charge is 0.497 e. The zero-order valence-corrected chi connectivity index (χ0v) is 20.2. The summed E-state index contributed by atoms with van der Waals surface area (Å²) in [6, 6.07) is 12.1. The van der Waals surface area contributed by atoms with Crippen molar-refractivity contribution in [3.63, 3.8) is 0 Å². The van der Waals surface area contributed by atoms with Crippen molar-refractivity contribution in [2.75, 3.05) is 45.8 Å². The number of hydrogen-bond acceptors (Lipinski definition) is 8. The number of amides is 1. The van der Waals surface area contributed by atoms with Gasteiger partial charge in [0.05, 0.1) is 33.5 Å². The summed E-state index contributed by atoms with van der Waals surface area (Å²) in [4.78, 5) is 17.5. The Balaban J connectivity index is 1.96. The van der Waals surface area contributed by atoms with Gasteiger partial charge in [0.25, 0.3) is 5.91 Å². The lowest BCUT2D eigenvalue weighted by Crippen LogP contribution is -2.30. The number of nitrogens with zero attached hydrogens (tertiary/aromatic N) is 2. The van der Waals surface area contributed by atoms with Crippen LogP contribution in [0.25, 0.3) is 0 Å². The molecule has 1 amide bonds. The molecule has 3 aromatic rings. The van der Waals surface area contributed by atoms with Crippen LogP contribution in [0, 0.1) is 0 Å². The molecule has 0 bridgehead atoms. The Hall–Kier alpha value is -3.97. The molecular weight excluding hydrogens is 497 g/mol. The Morgan fingerprint density at radius 3 is 2.51 bits per heavy atom. The van der Waals surface area contributed by atoms with Crippen LogP contribution in [0.1, 0.15) is 16.1 Å². The Morgan fingerprint density at radius 2 is 1.81 bits per heavy atom. The highest BCUT2D eigenvalue weighted by Crippen LogP contribution is 2.31. The number of anilines is 1. The van der Waals surface area contributed by atoms with Crippen molar-refractivity contribution >= 4 is 11.7 Å². The predicted octanol–water partition coefficient (Wildman–Crippen LogP) is 3.41. The lowest BCUT2D eigenvalue weighted by molar-refractivity contribution is -0.274. The van der Waals surface area contributed by atoms with Crippen LogP contribution in [0.4, 0.5) is 19.0 Å². The monoisotopic (exact) mass is 524 g/mol. The number of aromatic nitrogens is 2. The zero-order valence-electron chi connectivity index (χ0n) is 20.2. The number of imidazole rings is 1. The molecule has 2 aromatic carbocycles. The third-order valence-corrected chi connectivity index (χ3v) is 4.88. The fourth-order valence-corrected chi connectivity index (χ4v) is 3.34. The Kier molecular flexibility index (Phi) is 9.57. The Bertz CT molecular complexity index is 1190. The van der Waals surface area contributed by atoms with Gasteiger partial charge in [0.15, 0.2) is 11.5 Å². The van der Waals surface area contributed by atoms with Gasteiger partial charge in [0.2, 0.25) is 0 Å². The number of carbonyl (C=O) groups is 1. The van der Waals surface area contributed by atoms with Gasteiger partial charge in [-0.25, -0.2) is 0 Å². The highest BCUT2D eigenvalue weighted by molar-refractivity contribution is 5.97. The van der Waals surface area contributed by atoms with Crippen LogP contribution in [-0.2, 0) is 11.3 Å². The number of hydrogen-bond donors (Lipinski definition) is 3. The van der Waals surface area contributed by atoms with Gasteiger partial charge in [-0.15, -0.1) is 13.2 Å². The van der Waals surface area contributed by atoms with Crippen molar-refractivity contribution < 1.29 is 42.0 Å². The Morgan fingerprint density at radius 1 is 1.08 bits per heavy atom. The summed E-state index contributed by atoms with van der Waals surface area (Å²) in [5, 5.41) is 14.4. The van der Waals surface area contributed by atoms with Gasteiger partial charge in [-0.2, -0.15) is 4.98 Å². The van der Waals surface area contributed by atoms with E-state index >= 15 is 0 Å². The van der Waals surface area contributed by atoms with Gasteiger partial charge in [-0.1, -0.05) is 18.2 Å². The molecule has 0 radical (unpaired) electrons. The first-order valence-corrected chi connectivity index (χ1v) is 11.2. The molecule has 200 valence electrons. The number of methoxy groups -OCH3 is 1. The number of carbonyl (C=O) groups excluding carboxylic acids is 1. The van der Waals surface area contributed by atoms with Crippen LogP contribution in [0.3, 0.4) is 0 Å².